The lowest BCUT2D eigenvalue weighted by molar-refractivity contribution is 0.584. The van der Waals surface area contributed by atoms with E-state index in [9.17, 15) is 8.42 Å². The van der Waals surface area contributed by atoms with Crippen LogP contribution in [0.4, 0.5) is 5.69 Å². The van der Waals surface area contributed by atoms with Crippen molar-refractivity contribution >= 4 is 15.7 Å². The summed E-state index contributed by atoms with van der Waals surface area (Å²) < 4.78 is 27.4. The van der Waals surface area contributed by atoms with Gasteiger partial charge in [0.1, 0.15) is 0 Å². The van der Waals surface area contributed by atoms with Crippen LogP contribution in [0.15, 0.2) is 53.4 Å². The van der Waals surface area contributed by atoms with Gasteiger partial charge in [0.25, 0.3) is 10.0 Å². The lowest BCUT2D eigenvalue weighted by atomic mass is 10.1. The Balaban J connectivity index is 2.62. The van der Waals surface area contributed by atoms with Crippen LogP contribution in [0.3, 0.4) is 0 Å². The summed E-state index contributed by atoms with van der Waals surface area (Å²) in [7, 11) is -3.56. The van der Waals surface area contributed by atoms with Crippen LogP contribution < -0.4 is 4.31 Å². The molecule has 0 aliphatic heterocycles. The van der Waals surface area contributed by atoms with Crippen molar-refractivity contribution in [1.29, 1.82) is 0 Å². The third kappa shape index (κ3) is 3.10. The van der Waals surface area contributed by atoms with Crippen molar-refractivity contribution in [2.75, 3.05) is 4.31 Å². The van der Waals surface area contributed by atoms with Gasteiger partial charge < -0.3 is 0 Å². The molecule has 0 aliphatic carbocycles. The fourth-order valence-electron chi connectivity index (χ4n) is 2.35. The highest BCUT2D eigenvalue weighted by atomic mass is 32.2. The van der Waals surface area contributed by atoms with E-state index >= 15 is 0 Å². The summed E-state index contributed by atoms with van der Waals surface area (Å²) >= 11 is 0. The molecule has 0 aromatic heterocycles. The molecule has 0 aliphatic rings. The van der Waals surface area contributed by atoms with Crippen molar-refractivity contribution in [1.82, 2.24) is 0 Å². The molecule has 0 bridgehead atoms. The molecule has 4 heteroatoms. The monoisotopic (exact) mass is 303 g/mol. The zero-order valence-electron chi connectivity index (χ0n) is 12.9. The molecule has 0 unspecified atom stereocenters. The van der Waals surface area contributed by atoms with E-state index in [1.54, 1.807) is 24.3 Å². The Morgan fingerprint density at radius 2 is 1.57 bits per heavy atom. The van der Waals surface area contributed by atoms with Crippen molar-refractivity contribution in [3.05, 3.63) is 59.7 Å². The van der Waals surface area contributed by atoms with Crippen LogP contribution >= 0.6 is 0 Å². The number of sulfonamides is 1. The first-order valence-electron chi connectivity index (χ1n) is 7.01. The Morgan fingerprint density at radius 1 is 0.952 bits per heavy atom. The molecule has 2 aromatic carbocycles. The van der Waals surface area contributed by atoms with Crippen LogP contribution in [0.5, 0.6) is 0 Å². The molecule has 0 fully saturated rings. The highest BCUT2D eigenvalue weighted by Gasteiger charge is 2.28. The Hall–Kier alpha value is -1.81. The first kappa shape index (κ1) is 15.6. The molecule has 2 aromatic rings. The second-order valence-corrected chi connectivity index (χ2v) is 7.31. The SMILES string of the molecule is Cc1ccc(C)c(N(C(C)C)S(=O)(=O)c2ccccc2)c1. The van der Waals surface area contributed by atoms with Gasteiger partial charge in [-0.25, -0.2) is 8.42 Å². The van der Waals surface area contributed by atoms with Gasteiger partial charge in [-0.1, -0.05) is 30.3 Å². The normalized spacial score (nSPS) is 11.7. The van der Waals surface area contributed by atoms with E-state index in [4.69, 9.17) is 0 Å². The van der Waals surface area contributed by atoms with Gasteiger partial charge in [-0.2, -0.15) is 0 Å². The molecule has 0 saturated carbocycles. The fraction of sp³-hybridized carbons (Fsp3) is 0.294. The smallest absolute Gasteiger partial charge is 0.264 e. The van der Waals surface area contributed by atoms with Crippen LogP contribution in [0.1, 0.15) is 25.0 Å². The van der Waals surface area contributed by atoms with Gasteiger partial charge in [-0.15, -0.1) is 0 Å². The predicted octanol–water partition coefficient (Wildman–Crippen LogP) is 3.91. The van der Waals surface area contributed by atoms with Crippen LogP contribution in [0.25, 0.3) is 0 Å². The highest BCUT2D eigenvalue weighted by molar-refractivity contribution is 7.92. The van der Waals surface area contributed by atoms with Gasteiger partial charge in [-0.3, -0.25) is 4.31 Å². The zero-order valence-corrected chi connectivity index (χ0v) is 13.7. The minimum atomic E-state index is -3.56. The van der Waals surface area contributed by atoms with Gasteiger partial charge in [-0.05, 0) is 57.0 Å². The van der Waals surface area contributed by atoms with Crippen molar-refractivity contribution in [2.24, 2.45) is 0 Å². The summed E-state index contributed by atoms with van der Waals surface area (Å²) in [6.07, 6.45) is 0. The maximum Gasteiger partial charge on any atom is 0.264 e. The quantitative estimate of drug-likeness (QED) is 0.859. The van der Waals surface area contributed by atoms with Gasteiger partial charge in [0.05, 0.1) is 10.6 Å². The maximum atomic E-state index is 13.0. The topological polar surface area (TPSA) is 37.4 Å². The van der Waals surface area contributed by atoms with E-state index in [0.717, 1.165) is 16.8 Å². The van der Waals surface area contributed by atoms with Crippen molar-refractivity contribution in [3.63, 3.8) is 0 Å². The largest absolute Gasteiger partial charge is 0.264 e. The molecule has 112 valence electrons. The number of benzene rings is 2. The summed E-state index contributed by atoms with van der Waals surface area (Å²) in [5, 5.41) is 0. The highest BCUT2D eigenvalue weighted by Crippen LogP contribution is 2.29. The van der Waals surface area contributed by atoms with Crippen molar-refractivity contribution < 1.29 is 8.42 Å². The second kappa shape index (κ2) is 5.90. The molecule has 0 spiro atoms. The molecule has 0 amide bonds. The maximum absolute atomic E-state index is 13.0. The van der Waals surface area contributed by atoms with Crippen LogP contribution in [0, 0.1) is 13.8 Å². The number of hydrogen-bond acceptors (Lipinski definition) is 2. The summed E-state index contributed by atoms with van der Waals surface area (Å²) in [4.78, 5) is 0.319. The molecule has 0 N–H and O–H groups in total. The van der Waals surface area contributed by atoms with Gasteiger partial charge in [0, 0.05) is 6.04 Å². The zero-order chi connectivity index (χ0) is 15.6. The minimum Gasteiger partial charge on any atom is -0.264 e. The molecule has 0 atom stereocenters. The van der Waals surface area contributed by atoms with E-state index in [-0.39, 0.29) is 6.04 Å². The fourth-order valence-corrected chi connectivity index (χ4v) is 4.09. The van der Waals surface area contributed by atoms with Gasteiger partial charge >= 0.3 is 0 Å². The molecule has 3 nitrogen and oxygen atoms in total. The Kier molecular flexibility index (Phi) is 4.37. The van der Waals surface area contributed by atoms with E-state index in [1.807, 2.05) is 52.0 Å². The number of nitrogens with zero attached hydrogens (tertiary/aromatic N) is 1. The first-order chi connectivity index (χ1) is 9.84. The summed E-state index contributed by atoms with van der Waals surface area (Å²) in [6, 6.07) is 14.3. The minimum absolute atomic E-state index is 0.157. The van der Waals surface area contributed by atoms with E-state index < -0.39 is 10.0 Å². The Bertz CT molecular complexity index is 722. The van der Waals surface area contributed by atoms with E-state index in [1.165, 1.54) is 4.31 Å². The van der Waals surface area contributed by atoms with Crippen LogP contribution in [-0.4, -0.2) is 14.5 Å². The third-order valence-corrected chi connectivity index (χ3v) is 5.38. The lowest BCUT2D eigenvalue weighted by Crippen LogP contribution is -2.37. The number of rotatable bonds is 4. The van der Waals surface area contributed by atoms with Crippen molar-refractivity contribution in [2.45, 2.75) is 38.6 Å². The number of hydrogen-bond donors (Lipinski definition) is 0. The average molecular weight is 303 g/mol. The van der Waals surface area contributed by atoms with E-state index in [2.05, 4.69) is 0 Å². The van der Waals surface area contributed by atoms with Crippen LogP contribution in [-0.2, 0) is 10.0 Å². The Labute approximate surface area is 127 Å². The Morgan fingerprint density at radius 3 is 2.14 bits per heavy atom. The third-order valence-electron chi connectivity index (χ3n) is 3.37. The molecule has 21 heavy (non-hydrogen) atoms. The molecular weight excluding hydrogens is 282 g/mol. The molecule has 0 heterocycles. The summed E-state index contributed by atoms with van der Waals surface area (Å²) in [5.74, 6) is 0. The summed E-state index contributed by atoms with van der Waals surface area (Å²) in [6.45, 7) is 7.69. The number of anilines is 1. The lowest BCUT2D eigenvalue weighted by Gasteiger charge is -2.30. The summed E-state index contributed by atoms with van der Waals surface area (Å²) in [5.41, 5.74) is 2.74. The standard InChI is InChI=1S/C17H21NO2S/c1-13(2)18(17-12-14(3)10-11-15(17)4)21(19,20)16-8-6-5-7-9-16/h5-13H,1-4H3. The van der Waals surface area contributed by atoms with Gasteiger partial charge in [0.15, 0.2) is 0 Å². The molecule has 0 radical (unpaired) electrons. The van der Waals surface area contributed by atoms with Crippen LogP contribution in [0.2, 0.25) is 0 Å². The van der Waals surface area contributed by atoms with Gasteiger partial charge in [0.2, 0.25) is 0 Å². The second-order valence-electron chi connectivity index (χ2n) is 5.50. The van der Waals surface area contributed by atoms with Crippen molar-refractivity contribution in [3.8, 4) is 0 Å². The molecular formula is C17H21NO2S. The molecule has 0 saturated heterocycles. The van der Waals surface area contributed by atoms with E-state index in [0.29, 0.717) is 4.90 Å². The number of aryl methyl sites for hydroxylation is 2. The first-order valence-corrected chi connectivity index (χ1v) is 8.45. The molecule has 2 rings (SSSR count). The average Bonchev–Trinajstić information content (AvgIpc) is 2.43. The predicted molar refractivity (Wildman–Crippen MR) is 87.2 cm³/mol.